The van der Waals surface area contributed by atoms with E-state index in [0.29, 0.717) is 22.2 Å². The fourth-order valence-corrected chi connectivity index (χ4v) is 3.82. The fourth-order valence-electron chi connectivity index (χ4n) is 3.22. The van der Waals surface area contributed by atoms with Crippen LogP contribution in [0.2, 0.25) is 0 Å². The summed E-state index contributed by atoms with van der Waals surface area (Å²) < 4.78 is 50.1. The second-order valence-electron chi connectivity index (χ2n) is 6.97. The summed E-state index contributed by atoms with van der Waals surface area (Å²) in [5.74, 6) is -0.990. The zero-order valence-corrected chi connectivity index (χ0v) is 17.7. The van der Waals surface area contributed by atoms with E-state index in [0.717, 1.165) is 11.9 Å². The first-order valence-electron chi connectivity index (χ1n) is 9.48. The highest BCUT2D eigenvalue weighted by Gasteiger charge is 2.57. The predicted molar refractivity (Wildman–Crippen MR) is 110 cm³/mol. The zero-order valence-electron chi connectivity index (χ0n) is 16.9. The number of aromatic nitrogens is 3. The highest BCUT2D eigenvalue weighted by Crippen LogP contribution is 2.41. The third kappa shape index (κ3) is 3.75. The maximum atomic E-state index is 13.2. The maximum absolute atomic E-state index is 13.2. The van der Waals surface area contributed by atoms with E-state index in [2.05, 4.69) is 20.5 Å². The van der Waals surface area contributed by atoms with Crippen LogP contribution in [-0.4, -0.2) is 26.5 Å². The molecule has 0 bridgehead atoms. The van der Waals surface area contributed by atoms with Crippen LogP contribution < -0.4 is 10.9 Å². The molecule has 0 radical (unpaired) electrons. The third-order valence-corrected chi connectivity index (χ3v) is 5.73. The number of benzene rings is 1. The smallest absolute Gasteiger partial charge is 0.422 e. The molecular weight excluding hydrogens is 449 g/mol. The monoisotopic (exact) mass is 466 g/mol. The molecule has 0 aliphatic heterocycles. The predicted octanol–water partition coefficient (Wildman–Crippen LogP) is 4.38. The van der Waals surface area contributed by atoms with Crippen LogP contribution in [0.4, 0.5) is 19.2 Å². The van der Waals surface area contributed by atoms with E-state index in [1.165, 1.54) is 11.3 Å². The number of nitrogens with zero attached hydrogens (tertiary/aromatic N) is 3. The summed E-state index contributed by atoms with van der Waals surface area (Å²) in [6.45, 7) is 2.79. The molecule has 0 spiro atoms. The Bertz CT molecular complexity index is 1330. The first-order valence-corrected chi connectivity index (χ1v) is 10.4. The Morgan fingerprint density at radius 2 is 1.94 bits per heavy atom. The van der Waals surface area contributed by atoms with Gasteiger partial charge in [-0.1, -0.05) is 30.2 Å². The largest absolute Gasteiger partial charge is 0.426 e. The minimum Gasteiger partial charge on any atom is -0.422 e. The van der Waals surface area contributed by atoms with Crippen molar-refractivity contribution in [2.75, 3.05) is 5.32 Å². The standard InChI is InChI=1S/C20H17F3N4O4S/c1-3-19(29,20(21,22)23)17-26-27-18(31-17)24-8-12-15(13-9-32-10(2)25-13)11-6-4-5-7-14(11)30-16(12)28/h4-7,9,29H,3,8H2,1-2H3,(H,24,27). The van der Waals surface area contributed by atoms with E-state index in [1.54, 1.807) is 29.6 Å². The van der Waals surface area contributed by atoms with Gasteiger partial charge >= 0.3 is 17.8 Å². The minimum absolute atomic E-state index is 0.183. The summed E-state index contributed by atoms with van der Waals surface area (Å²) in [6.07, 6.45) is -5.71. The van der Waals surface area contributed by atoms with Crippen molar-refractivity contribution in [3.63, 3.8) is 0 Å². The molecule has 0 aliphatic carbocycles. The van der Waals surface area contributed by atoms with Crippen molar-refractivity contribution in [3.05, 3.63) is 56.5 Å². The van der Waals surface area contributed by atoms with Crippen molar-refractivity contribution >= 4 is 28.3 Å². The van der Waals surface area contributed by atoms with Gasteiger partial charge in [0.25, 0.3) is 5.89 Å². The Morgan fingerprint density at radius 3 is 2.59 bits per heavy atom. The van der Waals surface area contributed by atoms with Crippen LogP contribution in [0, 0.1) is 6.92 Å². The van der Waals surface area contributed by atoms with Crippen LogP contribution in [0.3, 0.4) is 0 Å². The van der Waals surface area contributed by atoms with Crippen molar-refractivity contribution in [2.45, 2.75) is 38.6 Å². The van der Waals surface area contributed by atoms with Gasteiger partial charge in [0.15, 0.2) is 0 Å². The molecule has 1 aromatic carbocycles. The van der Waals surface area contributed by atoms with Crippen LogP contribution in [0.1, 0.15) is 29.8 Å². The summed E-state index contributed by atoms with van der Waals surface area (Å²) in [6, 6.07) is 6.57. The molecule has 32 heavy (non-hydrogen) atoms. The molecule has 2 N–H and O–H groups in total. The minimum atomic E-state index is -5.00. The van der Waals surface area contributed by atoms with Crippen molar-refractivity contribution in [2.24, 2.45) is 0 Å². The number of halogens is 3. The van der Waals surface area contributed by atoms with Gasteiger partial charge in [-0.05, 0) is 19.4 Å². The summed E-state index contributed by atoms with van der Waals surface area (Å²) >= 11 is 1.41. The summed E-state index contributed by atoms with van der Waals surface area (Å²) in [5.41, 5.74) is -2.25. The summed E-state index contributed by atoms with van der Waals surface area (Å²) in [4.78, 5) is 17.2. The van der Waals surface area contributed by atoms with Crippen LogP contribution in [0.5, 0.6) is 0 Å². The van der Waals surface area contributed by atoms with Gasteiger partial charge in [0.05, 0.1) is 22.8 Å². The van der Waals surface area contributed by atoms with Crippen LogP contribution >= 0.6 is 11.3 Å². The first kappa shape index (κ1) is 22.0. The molecule has 1 atom stereocenters. The van der Waals surface area contributed by atoms with E-state index in [9.17, 15) is 23.1 Å². The molecule has 0 aliphatic rings. The highest BCUT2D eigenvalue weighted by atomic mass is 32.1. The number of para-hydroxylation sites is 1. The van der Waals surface area contributed by atoms with E-state index in [-0.39, 0.29) is 18.1 Å². The second-order valence-corrected chi connectivity index (χ2v) is 8.03. The number of aliphatic hydroxyl groups is 1. The van der Waals surface area contributed by atoms with Gasteiger partial charge < -0.3 is 19.3 Å². The lowest BCUT2D eigenvalue weighted by atomic mass is 10.0. The lowest BCUT2D eigenvalue weighted by Crippen LogP contribution is -2.42. The highest BCUT2D eigenvalue weighted by molar-refractivity contribution is 7.09. The zero-order chi connectivity index (χ0) is 23.1. The normalized spacial score (nSPS) is 13.9. The molecule has 0 amide bonds. The van der Waals surface area contributed by atoms with Crippen molar-refractivity contribution in [3.8, 4) is 11.3 Å². The Labute approximate surface area is 182 Å². The molecule has 12 heteroatoms. The summed E-state index contributed by atoms with van der Waals surface area (Å²) in [7, 11) is 0. The SMILES string of the molecule is CCC(O)(c1nnc(NCc2c(-c3csc(C)n3)c3ccccc3oc2=O)o1)C(F)(F)F. The number of alkyl halides is 3. The average molecular weight is 466 g/mol. The first-order chi connectivity index (χ1) is 15.1. The molecule has 4 rings (SSSR count). The van der Waals surface area contributed by atoms with Gasteiger partial charge in [0.1, 0.15) is 5.58 Å². The number of thiazole rings is 1. The van der Waals surface area contributed by atoms with Gasteiger partial charge in [-0.15, -0.1) is 16.4 Å². The third-order valence-electron chi connectivity index (χ3n) is 4.96. The number of hydrogen-bond acceptors (Lipinski definition) is 9. The molecule has 3 aromatic heterocycles. The Morgan fingerprint density at radius 1 is 1.19 bits per heavy atom. The second kappa shape index (κ2) is 8.02. The number of rotatable bonds is 6. The average Bonchev–Trinajstić information content (AvgIpc) is 3.39. The van der Waals surface area contributed by atoms with Crippen LogP contribution in [0.15, 0.2) is 43.3 Å². The number of fused-ring (bicyclic) bond motifs is 1. The Kier molecular flexibility index (Phi) is 5.51. The molecule has 8 nitrogen and oxygen atoms in total. The molecule has 4 aromatic rings. The molecule has 1 unspecified atom stereocenters. The van der Waals surface area contributed by atoms with Gasteiger partial charge in [-0.25, -0.2) is 9.78 Å². The van der Waals surface area contributed by atoms with Crippen molar-refractivity contribution in [1.82, 2.24) is 15.2 Å². The van der Waals surface area contributed by atoms with E-state index < -0.39 is 29.7 Å². The van der Waals surface area contributed by atoms with Crippen LogP contribution in [0.25, 0.3) is 22.2 Å². The van der Waals surface area contributed by atoms with Gasteiger partial charge in [-0.2, -0.15) is 13.2 Å². The fraction of sp³-hybridized carbons (Fsp3) is 0.300. The number of anilines is 1. The topological polar surface area (TPSA) is 114 Å². The van der Waals surface area contributed by atoms with Crippen molar-refractivity contribution < 1.29 is 27.1 Å². The van der Waals surface area contributed by atoms with E-state index in [4.69, 9.17) is 8.83 Å². The van der Waals surface area contributed by atoms with E-state index >= 15 is 0 Å². The molecule has 0 saturated carbocycles. The lowest BCUT2D eigenvalue weighted by Gasteiger charge is -2.25. The van der Waals surface area contributed by atoms with E-state index in [1.807, 2.05) is 6.92 Å². The number of aryl methyl sites for hydroxylation is 1. The quantitative estimate of drug-likeness (QED) is 0.403. The lowest BCUT2D eigenvalue weighted by molar-refractivity contribution is -0.275. The molecule has 0 fully saturated rings. The van der Waals surface area contributed by atoms with Gasteiger partial charge in [0.2, 0.25) is 5.60 Å². The Hall–Kier alpha value is -3.25. The van der Waals surface area contributed by atoms with Crippen molar-refractivity contribution in [1.29, 1.82) is 0 Å². The van der Waals surface area contributed by atoms with Gasteiger partial charge in [-0.3, -0.25) is 0 Å². The summed E-state index contributed by atoms with van der Waals surface area (Å²) in [5, 5.41) is 22.7. The molecule has 168 valence electrons. The molecular formula is C20H17F3N4O4S. The molecule has 0 saturated heterocycles. The maximum Gasteiger partial charge on any atom is 0.426 e. The van der Waals surface area contributed by atoms with Crippen LogP contribution in [-0.2, 0) is 12.1 Å². The number of hydrogen-bond donors (Lipinski definition) is 2. The Balaban J connectivity index is 1.72. The molecule has 3 heterocycles. The van der Waals surface area contributed by atoms with Gasteiger partial charge in [0, 0.05) is 16.3 Å². The number of nitrogens with one attached hydrogen (secondary N) is 1.